The first-order valence-electron chi connectivity index (χ1n) is 12.5. The van der Waals surface area contributed by atoms with Crippen LogP contribution in [0, 0.1) is 13.8 Å². The molecule has 0 saturated carbocycles. The lowest BCUT2D eigenvalue weighted by molar-refractivity contribution is 0.0995. The Morgan fingerprint density at radius 1 is 0.615 bits per heavy atom. The second-order valence-electron chi connectivity index (χ2n) is 8.99. The van der Waals surface area contributed by atoms with E-state index in [2.05, 4.69) is 15.7 Å². The molecule has 1 aromatic heterocycles. The Hall–Kier alpha value is -5.30. The number of nitrogens with zero attached hydrogens (tertiary/aromatic N) is 2. The number of rotatable bonds is 7. The highest BCUT2D eigenvalue weighted by Crippen LogP contribution is 2.25. The van der Waals surface area contributed by atoms with Crippen LogP contribution in [-0.4, -0.2) is 27.4 Å². The summed E-state index contributed by atoms with van der Waals surface area (Å²) in [6.45, 7) is 3.72. The Labute approximate surface area is 226 Å². The van der Waals surface area contributed by atoms with Gasteiger partial charge in [-0.3, -0.25) is 14.4 Å². The van der Waals surface area contributed by atoms with E-state index in [1.165, 1.54) is 0 Å². The van der Waals surface area contributed by atoms with Crippen molar-refractivity contribution in [3.8, 4) is 5.69 Å². The second kappa shape index (κ2) is 11.0. The van der Waals surface area contributed by atoms with Crippen LogP contribution in [0.15, 0.2) is 109 Å². The molecule has 0 aliphatic carbocycles. The molecule has 2 N–H and O–H groups in total. The Kier molecular flexibility index (Phi) is 7.14. The van der Waals surface area contributed by atoms with Crippen LogP contribution in [0.2, 0.25) is 0 Å². The van der Waals surface area contributed by atoms with Gasteiger partial charge in [0.2, 0.25) is 0 Å². The standard InChI is InChI=1S/C32H26N4O3/c1-21-29(22(2)36(35-21)24-15-7-4-8-16-24)34-32(39)27-19-11-12-20-28(27)33-31(38)26-18-10-9-17-25(26)30(37)23-13-5-3-6-14-23/h3-20H,1-2H3,(H,33,38)(H,34,39). The number of hydrogen-bond donors (Lipinski definition) is 2. The fraction of sp³-hybridized carbons (Fsp3) is 0.0625. The van der Waals surface area contributed by atoms with Crippen LogP contribution in [0.4, 0.5) is 11.4 Å². The molecule has 192 valence electrons. The van der Waals surface area contributed by atoms with Gasteiger partial charge in [-0.05, 0) is 44.2 Å². The van der Waals surface area contributed by atoms with Gasteiger partial charge < -0.3 is 10.6 Å². The van der Waals surface area contributed by atoms with Crippen LogP contribution in [0.25, 0.3) is 5.69 Å². The summed E-state index contributed by atoms with van der Waals surface area (Å²) >= 11 is 0. The van der Waals surface area contributed by atoms with Gasteiger partial charge >= 0.3 is 0 Å². The number of carbonyl (C=O) groups excluding carboxylic acids is 3. The van der Waals surface area contributed by atoms with E-state index in [1.54, 1.807) is 77.5 Å². The molecule has 0 atom stereocenters. The molecule has 2 amide bonds. The van der Waals surface area contributed by atoms with Crippen LogP contribution in [0.1, 0.15) is 48.0 Å². The predicted molar refractivity (Wildman–Crippen MR) is 152 cm³/mol. The smallest absolute Gasteiger partial charge is 0.257 e. The summed E-state index contributed by atoms with van der Waals surface area (Å²) in [7, 11) is 0. The first kappa shape index (κ1) is 25.4. The third-order valence-corrected chi connectivity index (χ3v) is 6.40. The highest BCUT2D eigenvalue weighted by Gasteiger charge is 2.21. The summed E-state index contributed by atoms with van der Waals surface area (Å²) in [4.78, 5) is 39.9. The highest BCUT2D eigenvalue weighted by molar-refractivity contribution is 6.19. The lowest BCUT2D eigenvalue weighted by atomic mass is 9.98. The zero-order valence-corrected chi connectivity index (χ0v) is 21.5. The Morgan fingerprint density at radius 2 is 1.15 bits per heavy atom. The van der Waals surface area contributed by atoms with E-state index >= 15 is 0 Å². The van der Waals surface area contributed by atoms with E-state index in [4.69, 9.17) is 0 Å². The first-order valence-corrected chi connectivity index (χ1v) is 12.5. The normalized spacial score (nSPS) is 10.6. The number of aromatic nitrogens is 2. The molecule has 0 spiro atoms. The molecule has 0 aliphatic rings. The summed E-state index contributed by atoms with van der Waals surface area (Å²) in [5.74, 6) is -1.13. The minimum Gasteiger partial charge on any atom is -0.321 e. The van der Waals surface area contributed by atoms with Crippen molar-refractivity contribution in [2.75, 3.05) is 10.6 Å². The number of para-hydroxylation sites is 2. The minimum absolute atomic E-state index is 0.220. The number of carbonyl (C=O) groups is 3. The average Bonchev–Trinajstić information content (AvgIpc) is 3.26. The first-order chi connectivity index (χ1) is 18.9. The molecule has 7 nitrogen and oxygen atoms in total. The van der Waals surface area contributed by atoms with Gasteiger partial charge in [-0.25, -0.2) is 4.68 Å². The zero-order valence-electron chi connectivity index (χ0n) is 21.5. The van der Waals surface area contributed by atoms with Gasteiger partial charge in [0, 0.05) is 11.1 Å². The van der Waals surface area contributed by atoms with Crippen LogP contribution in [-0.2, 0) is 0 Å². The van der Waals surface area contributed by atoms with Crippen molar-refractivity contribution in [1.82, 2.24) is 9.78 Å². The third-order valence-electron chi connectivity index (χ3n) is 6.40. The van der Waals surface area contributed by atoms with Gasteiger partial charge in [0.1, 0.15) is 0 Å². The maximum atomic E-state index is 13.4. The van der Waals surface area contributed by atoms with E-state index in [9.17, 15) is 14.4 Å². The van der Waals surface area contributed by atoms with Crippen LogP contribution < -0.4 is 10.6 Å². The van der Waals surface area contributed by atoms with Crippen molar-refractivity contribution >= 4 is 29.0 Å². The van der Waals surface area contributed by atoms with Crippen molar-refractivity contribution < 1.29 is 14.4 Å². The summed E-state index contributed by atoms with van der Waals surface area (Å²) in [5, 5.41) is 10.4. The number of nitrogens with one attached hydrogen (secondary N) is 2. The SMILES string of the molecule is Cc1nn(-c2ccccc2)c(C)c1NC(=O)c1ccccc1NC(=O)c1ccccc1C(=O)c1ccccc1. The molecule has 5 aromatic rings. The average molecular weight is 515 g/mol. The van der Waals surface area contributed by atoms with Gasteiger partial charge in [0.05, 0.1) is 39.6 Å². The molecule has 0 radical (unpaired) electrons. The van der Waals surface area contributed by atoms with Gasteiger partial charge in [0.15, 0.2) is 5.78 Å². The molecule has 0 fully saturated rings. The third kappa shape index (κ3) is 5.24. The number of ketones is 1. The number of amides is 2. The summed E-state index contributed by atoms with van der Waals surface area (Å²) in [6.07, 6.45) is 0. The molecule has 0 saturated heterocycles. The van der Waals surface area contributed by atoms with E-state index in [0.717, 1.165) is 11.4 Å². The van der Waals surface area contributed by atoms with Crippen LogP contribution >= 0.6 is 0 Å². The maximum Gasteiger partial charge on any atom is 0.257 e. The van der Waals surface area contributed by atoms with E-state index < -0.39 is 11.8 Å². The van der Waals surface area contributed by atoms with Crippen LogP contribution in [0.5, 0.6) is 0 Å². The minimum atomic E-state index is -0.487. The maximum absolute atomic E-state index is 13.4. The lowest BCUT2D eigenvalue weighted by Gasteiger charge is -2.13. The molecule has 0 bridgehead atoms. The van der Waals surface area contributed by atoms with Crippen molar-refractivity contribution in [3.05, 3.63) is 143 Å². The Balaban J connectivity index is 1.40. The second-order valence-corrected chi connectivity index (χ2v) is 8.99. The topological polar surface area (TPSA) is 93.1 Å². The number of hydrogen-bond acceptors (Lipinski definition) is 4. The molecule has 5 rings (SSSR count). The Morgan fingerprint density at radius 3 is 1.85 bits per heavy atom. The summed E-state index contributed by atoms with van der Waals surface area (Å²) < 4.78 is 1.78. The predicted octanol–water partition coefficient (Wildman–Crippen LogP) is 6.22. The zero-order chi connectivity index (χ0) is 27.4. The molecule has 7 heteroatoms. The number of benzene rings is 4. The highest BCUT2D eigenvalue weighted by atomic mass is 16.2. The van der Waals surface area contributed by atoms with Gasteiger partial charge in [-0.1, -0.05) is 78.9 Å². The van der Waals surface area contributed by atoms with Crippen molar-refractivity contribution in [2.24, 2.45) is 0 Å². The molecular weight excluding hydrogens is 488 g/mol. The fourth-order valence-corrected chi connectivity index (χ4v) is 4.43. The molecule has 1 heterocycles. The van der Waals surface area contributed by atoms with E-state index in [1.807, 2.05) is 50.2 Å². The van der Waals surface area contributed by atoms with Crippen LogP contribution in [0.3, 0.4) is 0 Å². The number of anilines is 2. The molecular formula is C32H26N4O3. The lowest BCUT2D eigenvalue weighted by Crippen LogP contribution is -2.20. The largest absolute Gasteiger partial charge is 0.321 e. The summed E-state index contributed by atoms with van der Waals surface area (Å²) in [6, 6.07) is 31.8. The van der Waals surface area contributed by atoms with Crippen molar-refractivity contribution in [2.45, 2.75) is 13.8 Å². The van der Waals surface area contributed by atoms with E-state index in [-0.39, 0.29) is 22.5 Å². The van der Waals surface area contributed by atoms with Gasteiger partial charge in [-0.2, -0.15) is 5.10 Å². The Bertz CT molecular complexity index is 1670. The van der Waals surface area contributed by atoms with Gasteiger partial charge in [-0.15, -0.1) is 0 Å². The quantitative estimate of drug-likeness (QED) is 0.252. The molecule has 4 aromatic carbocycles. The monoisotopic (exact) mass is 514 g/mol. The molecule has 0 aliphatic heterocycles. The van der Waals surface area contributed by atoms with Crippen molar-refractivity contribution in [3.63, 3.8) is 0 Å². The molecule has 0 unspecified atom stereocenters. The van der Waals surface area contributed by atoms with E-state index in [0.29, 0.717) is 22.6 Å². The van der Waals surface area contributed by atoms with Crippen molar-refractivity contribution in [1.29, 1.82) is 0 Å². The summed E-state index contributed by atoms with van der Waals surface area (Å²) in [5.41, 5.74) is 4.52. The van der Waals surface area contributed by atoms with Gasteiger partial charge in [0.25, 0.3) is 11.8 Å². The molecule has 39 heavy (non-hydrogen) atoms. The fourth-order valence-electron chi connectivity index (χ4n) is 4.43. The number of aryl methyl sites for hydroxylation is 1.